The van der Waals surface area contributed by atoms with Gasteiger partial charge in [0.2, 0.25) is 0 Å². The lowest BCUT2D eigenvalue weighted by Crippen LogP contribution is -2.03. The zero-order valence-corrected chi connectivity index (χ0v) is 7.97. The number of hydrogen-bond donors (Lipinski definition) is 1. The van der Waals surface area contributed by atoms with Crippen molar-refractivity contribution in [3.8, 4) is 0 Å². The summed E-state index contributed by atoms with van der Waals surface area (Å²) in [6.45, 7) is 0.404. The summed E-state index contributed by atoms with van der Waals surface area (Å²) in [5.74, 6) is 4.58. The van der Waals surface area contributed by atoms with Crippen molar-refractivity contribution in [1.29, 1.82) is 0 Å². The first-order valence-electron chi connectivity index (χ1n) is 3.49. The molecule has 0 aromatic heterocycles. The van der Waals surface area contributed by atoms with Crippen molar-refractivity contribution in [2.75, 3.05) is 6.61 Å². The maximum absolute atomic E-state index is 12.9. The predicted molar refractivity (Wildman–Crippen MR) is 47.9 cm³/mol. The van der Waals surface area contributed by atoms with Gasteiger partial charge in [0, 0.05) is 0 Å². The van der Waals surface area contributed by atoms with E-state index in [9.17, 15) is 4.39 Å². The molecule has 0 heterocycles. The van der Waals surface area contributed by atoms with Crippen LogP contribution in [0.3, 0.4) is 0 Å². The molecule has 0 spiro atoms. The summed E-state index contributed by atoms with van der Waals surface area (Å²) < 4.78 is 13.4. The maximum atomic E-state index is 12.9. The van der Waals surface area contributed by atoms with E-state index in [2.05, 4.69) is 20.8 Å². The number of nitrogens with two attached hydrogens (primary N) is 1. The fourth-order valence-corrected chi connectivity index (χ4v) is 1.12. The van der Waals surface area contributed by atoms with E-state index in [1.54, 1.807) is 6.07 Å². The van der Waals surface area contributed by atoms with Crippen LogP contribution in [0.5, 0.6) is 0 Å². The van der Waals surface area contributed by atoms with Gasteiger partial charge in [0.15, 0.2) is 0 Å². The quantitative estimate of drug-likeness (QED) is 0.812. The first-order valence-corrected chi connectivity index (χ1v) is 4.29. The van der Waals surface area contributed by atoms with Crippen LogP contribution in [0.4, 0.5) is 4.39 Å². The molecule has 0 aliphatic heterocycles. The third-order valence-corrected chi connectivity index (χ3v) is 2.14. The van der Waals surface area contributed by atoms with Gasteiger partial charge < -0.3 is 4.84 Å². The minimum atomic E-state index is -0.260. The van der Waals surface area contributed by atoms with Gasteiger partial charge in [-0.05, 0) is 40.0 Å². The Morgan fingerprint density at radius 3 is 2.83 bits per heavy atom. The van der Waals surface area contributed by atoms with E-state index in [1.165, 1.54) is 6.07 Å². The van der Waals surface area contributed by atoms with Crippen molar-refractivity contribution >= 4 is 15.9 Å². The Balaban J connectivity index is 2.69. The largest absolute Gasteiger partial charge is 0.304 e. The fourth-order valence-electron chi connectivity index (χ4n) is 0.872. The smallest absolute Gasteiger partial charge is 0.137 e. The fraction of sp³-hybridized carbons (Fsp3) is 0.250. The molecule has 1 aromatic rings. The molecule has 0 saturated carbocycles. The standard InChI is InChI=1S/C8H9BrFNO/c9-7-2-1-6(3-4-12-11)5-8(7)10/h1-2,5H,3-4,11H2. The molecule has 2 N–H and O–H groups in total. The summed E-state index contributed by atoms with van der Waals surface area (Å²) in [6, 6.07) is 4.95. The summed E-state index contributed by atoms with van der Waals surface area (Å²) in [5, 5.41) is 0. The van der Waals surface area contributed by atoms with Crippen LogP contribution in [0.15, 0.2) is 22.7 Å². The summed E-state index contributed by atoms with van der Waals surface area (Å²) in [7, 11) is 0. The molecule has 0 fully saturated rings. The molecule has 0 radical (unpaired) electrons. The molecule has 0 amide bonds. The Bertz CT molecular complexity index is 267. The molecule has 4 heteroatoms. The van der Waals surface area contributed by atoms with Gasteiger partial charge in [-0.25, -0.2) is 10.3 Å². The summed E-state index contributed by atoms with van der Waals surface area (Å²) in [6.07, 6.45) is 0.626. The van der Waals surface area contributed by atoms with Crippen LogP contribution < -0.4 is 5.90 Å². The van der Waals surface area contributed by atoms with Gasteiger partial charge >= 0.3 is 0 Å². The minimum absolute atomic E-state index is 0.260. The molecule has 0 saturated heterocycles. The zero-order valence-electron chi connectivity index (χ0n) is 6.39. The molecule has 66 valence electrons. The predicted octanol–water partition coefficient (Wildman–Crippen LogP) is 2.02. The van der Waals surface area contributed by atoms with Crippen molar-refractivity contribution < 1.29 is 9.23 Å². The lowest BCUT2D eigenvalue weighted by Gasteiger charge is -2.00. The van der Waals surface area contributed by atoms with Gasteiger partial charge in [-0.3, -0.25) is 0 Å². The van der Waals surface area contributed by atoms with Crippen molar-refractivity contribution in [2.45, 2.75) is 6.42 Å². The zero-order chi connectivity index (χ0) is 8.97. The van der Waals surface area contributed by atoms with E-state index in [0.717, 1.165) is 5.56 Å². The van der Waals surface area contributed by atoms with Crippen molar-refractivity contribution in [3.63, 3.8) is 0 Å². The van der Waals surface area contributed by atoms with Crippen molar-refractivity contribution in [2.24, 2.45) is 5.90 Å². The first-order chi connectivity index (χ1) is 5.74. The number of rotatable bonds is 3. The average molecular weight is 234 g/mol. The third-order valence-electron chi connectivity index (χ3n) is 1.49. The SMILES string of the molecule is NOCCc1ccc(Br)c(F)c1. The van der Waals surface area contributed by atoms with E-state index < -0.39 is 0 Å². The highest BCUT2D eigenvalue weighted by Crippen LogP contribution is 2.16. The molecule has 0 aliphatic carbocycles. The molecule has 1 rings (SSSR count). The molecular formula is C8H9BrFNO. The Hall–Kier alpha value is -0.450. The molecule has 0 bridgehead atoms. The van der Waals surface area contributed by atoms with E-state index in [1.807, 2.05) is 6.07 Å². The Morgan fingerprint density at radius 2 is 2.25 bits per heavy atom. The van der Waals surface area contributed by atoms with Gasteiger partial charge in [0.05, 0.1) is 11.1 Å². The average Bonchev–Trinajstić information content (AvgIpc) is 2.07. The summed E-state index contributed by atoms with van der Waals surface area (Å²) >= 11 is 3.07. The van der Waals surface area contributed by atoms with Crippen molar-refractivity contribution in [1.82, 2.24) is 0 Å². The second-order valence-electron chi connectivity index (χ2n) is 2.37. The highest BCUT2D eigenvalue weighted by Gasteiger charge is 1.99. The van der Waals surface area contributed by atoms with Gasteiger partial charge in [-0.1, -0.05) is 6.07 Å². The second kappa shape index (κ2) is 4.54. The highest BCUT2D eigenvalue weighted by atomic mass is 79.9. The summed E-state index contributed by atoms with van der Waals surface area (Å²) in [5.41, 5.74) is 0.876. The van der Waals surface area contributed by atoms with Crippen LogP contribution in [-0.2, 0) is 11.3 Å². The van der Waals surface area contributed by atoms with E-state index in [0.29, 0.717) is 17.5 Å². The molecule has 0 unspecified atom stereocenters. The maximum Gasteiger partial charge on any atom is 0.137 e. The lowest BCUT2D eigenvalue weighted by molar-refractivity contribution is 0.141. The van der Waals surface area contributed by atoms with Crippen LogP contribution in [0.25, 0.3) is 0 Å². The third kappa shape index (κ3) is 2.55. The topological polar surface area (TPSA) is 35.2 Å². The van der Waals surface area contributed by atoms with Gasteiger partial charge in [0.25, 0.3) is 0 Å². The number of benzene rings is 1. The number of hydrogen-bond acceptors (Lipinski definition) is 2. The normalized spacial score (nSPS) is 10.2. The van der Waals surface area contributed by atoms with Gasteiger partial charge in [0.1, 0.15) is 5.82 Å². The molecule has 0 aliphatic rings. The Kier molecular flexibility index (Phi) is 3.65. The van der Waals surface area contributed by atoms with Gasteiger partial charge in [-0.15, -0.1) is 0 Å². The number of halogens is 2. The van der Waals surface area contributed by atoms with Crippen LogP contribution in [-0.4, -0.2) is 6.61 Å². The van der Waals surface area contributed by atoms with Gasteiger partial charge in [-0.2, -0.15) is 0 Å². The molecule has 12 heavy (non-hydrogen) atoms. The highest BCUT2D eigenvalue weighted by molar-refractivity contribution is 9.10. The van der Waals surface area contributed by atoms with Crippen LogP contribution >= 0.6 is 15.9 Å². The second-order valence-corrected chi connectivity index (χ2v) is 3.22. The Morgan fingerprint density at radius 1 is 1.50 bits per heavy atom. The van der Waals surface area contributed by atoms with E-state index >= 15 is 0 Å². The molecule has 1 aromatic carbocycles. The monoisotopic (exact) mass is 233 g/mol. The van der Waals surface area contributed by atoms with Crippen LogP contribution in [0, 0.1) is 5.82 Å². The first kappa shape index (κ1) is 9.64. The Labute approximate surface area is 78.6 Å². The van der Waals surface area contributed by atoms with E-state index in [-0.39, 0.29) is 5.82 Å². The van der Waals surface area contributed by atoms with E-state index in [4.69, 9.17) is 5.90 Å². The lowest BCUT2D eigenvalue weighted by atomic mass is 10.2. The summed E-state index contributed by atoms with van der Waals surface area (Å²) in [4.78, 5) is 4.38. The molecular weight excluding hydrogens is 225 g/mol. The minimum Gasteiger partial charge on any atom is -0.304 e. The molecule has 0 atom stereocenters. The molecule has 2 nitrogen and oxygen atoms in total. The van der Waals surface area contributed by atoms with Crippen LogP contribution in [0.1, 0.15) is 5.56 Å². The van der Waals surface area contributed by atoms with Crippen molar-refractivity contribution in [3.05, 3.63) is 34.1 Å². The van der Waals surface area contributed by atoms with Crippen LogP contribution in [0.2, 0.25) is 0 Å².